The Labute approximate surface area is 131 Å². The minimum absolute atomic E-state index is 0.0226. The van der Waals surface area contributed by atoms with Crippen molar-refractivity contribution in [3.8, 4) is 0 Å². The van der Waals surface area contributed by atoms with Crippen LogP contribution in [0, 0.1) is 19.8 Å². The Morgan fingerprint density at radius 3 is 2.59 bits per heavy atom. The summed E-state index contributed by atoms with van der Waals surface area (Å²) < 4.78 is 0. The molecule has 1 aromatic carbocycles. The maximum absolute atomic E-state index is 12.5. The Kier molecular flexibility index (Phi) is 5.19. The zero-order valence-electron chi connectivity index (χ0n) is 13.4. The SMILES string of the molecule is Cc1cc(C)cc(N2CCC(C(=O)NC(C)CCO)C2=O)c1. The van der Waals surface area contributed by atoms with E-state index in [9.17, 15) is 9.59 Å². The quantitative estimate of drug-likeness (QED) is 0.811. The van der Waals surface area contributed by atoms with Gasteiger partial charge < -0.3 is 15.3 Å². The van der Waals surface area contributed by atoms with Crippen molar-refractivity contribution in [3.05, 3.63) is 29.3 Å². The standard InChI is InChI=1S/C17H24N2O3/c1-11-8-12(2)10-14(9-11)19-6-4-15(17(19)22)16(21)18-13(3)5-7-20/h8-10,13,15,20H,4-7H2,1-3H3,(H,18,21). The summed E-state index contributed by atoms with van der Waals surface area (Å²) in [6, 6.07) is 5.88. The lowest BCUT2D eigenvalue weighted by molar-refractivity contribution is -0.132. The Hall–Kier alpha value is -1.88. The van der Waals surface area contributed by atoms with E-state index in [2.05, 4.69) is 11.4 Å². The van der Waals surface area contributed by atoms with Gasteiger partial charge in [-0.15, -0.1) is 0 Å². The average molecular weight is 304 g/mol. The molecule has 2 atom stereocenters. The monoisotopic (exact) mass is 304 g/mol. The van der Waals surface area contributed by atoms with Gasteiger partial charge in [-0.05, 0) is 56.9 Å². The zero-order chi connectivity index (χ0) is 16.3. The second kappa shape index (κ2) is 6.92. The predicted molar refractivity (Wildman–Crippen MR) is 85.7 cm³/mol. The zero-order valence-corrected chi connectivity index (χ0v) is 13.4. The van der Waals surface area contributed by atoms with Crippen molar-refractivity contribution in [2.24, 2.45) is 5.92 Å². The number of benzene rings is 1. The molecule has 0 bridgehead atoms. The van der Waals surface area contributed by atoms with Gasteiger partial charge in [-0.3, -0.25) is 9.59 Å². The van der Waals surface area contributed by atoms with Gasteiger partial charge in [-0.1, -0.05) is 6.07 Å². The molecule has 1 aliphatic heterocycles. The predicted octanol–water partition coefficient (Wildman–Crippen LogP) is 1.54. The lowest BCUT2D eigenvalue weighted by atomic mass is 10.1. The van der Waals surface area contributed by atoms with E-state index in [0.29, 0.717) is 19.4 Å². The van der Waals surface area contributed by atoms with Crippen LogP contribution in [0.1, 0.15) is 30.9 Å². The fraction of sp³-hybridized carbons (Fsp3) is 0.529. The molecule has 2 unspecified atom stereocenters. The van der Waals surface area contributed by atoms with Crippen molar-refractivity contribution >= 4 is 17.5 Å². The van der Waals surface area contributed by atoms with Gasteiger partial charge >= 0.3 is 0 Å². The molecular weight excluding hydrogens is 280 g/mol. The van der Waals surface area contributed by atoms with Gasteiger partial charge in [0.25, 0.3) is 0 Å². The van der Waals surface area contributed by atoms with Crippen LogP contribution in [0.2, 0.25) is 0 Å². The highest BCUT2D eigenvalue weighted by atomic mass is 16.3. The summed E-state index contributed by atoms with van der Waals surface area (Å²) in [5, 5.41) is 11.7. The van der Waals surface area contributed by atoms with Gasteiger partial charge in [0.15, 0.2) is 0 Å². The number of amides is 2. The van der Waals surface area contributed by atoms with E-state index in [0.717, 1.165) is 16.8 Å². The first-order valence-electron chi connectivity index (χ1n) is 7.73. The number of carbonyl (C=O) groups is 2. The number of nitrogens with one attached hydrogen (secondary N) is 1. The number of hydrogen-bond acceptors (Lipinski definition) is 3. The van der Waals surface area contributed by atoms with E-state index in [1.807, 2.05) is 32.9 Å². The lowest BCUT2D eigenvalue weighted by Gasteiger charge is -2.19. The Morgan fingerprint density at radius 2 is 2.00 bits per heavy atom. The molecule has 0 aliphatic carbocycles. The number of aliphatic hydroxyl groups is 1. The van der Waals surface area contributed by atoms with Crippen LogP contribution in [0.4, 0.5) is 5.69 Å². The van der Waals surface area contributed by atoms with Crippen LogP contribution in [0.5, 0.6) is 0 Å². The van der Waals surface area contributed by atoms with Crippen LogP contribution in [-0.2, 0) is 9.59 Å². The Bertz CT molecular complexity index is 551. The molecule has 2 N–H and O–H groups in total. The van der Waals surface area contributed by atoms with Crippen LogP contribution in [0.3, 0.4) is 0 Å². The van der Waals surface area contributed by atoms with Crippen molar-refractivity contribution in [1.29, 1.82) is 0 Å². The lowest BCUT2D eigenvalue weighted by Crippen LogP contribution is -2.41. The van der Waals surface area contributed by atoms with Crippen LogP contribution >= 0.6 is 0 Å². The molecule has 1 aromatic rings. The first kappa shape index (κ1) is 16.5. The molecule has 5 heteroatoms. The first-order chi connectivity index (χ1) is 10.4. The van der Waals surface area contributed by atoms with Gasteiger partial charge in [0.1, 0.15) is 5.92 Å². The third-order valence-electron chi connectivity index (χ3n) is 3.99. The van der Waals surface area contributed by atoms with E-state index in [-0.39, 0.29) is 24.5 Å². The summed E-state index contributed by atoms with van der Waals surface area (Å²) in [5.74, 6) is -1.00. The molecule has 0 spiro atoms. The van der Waals surface area contributed by atoms with E-state index in [1.54, 1.807) is 4.90 Å². The number of hydrogen-bond donors (Lipinski definition) is 2. The Balaban J connectivity index is 2.07. The maximum atomic E-state index is 12.5. The molecule has 0 radical (unpaired) electrons. The molecule has 1 heterocycles. The van der Waals surface area contributed by atoms with Gasteiger partial charge in [0, 0.05) is 24.9 Å². The summed E-state index contributed by atoms with van der Waals surface area (Å²) >= 11 is 0. The van der Waals surface area contributed by atoms with Crippen molar-refractivity contribution in [2.75, 3.05) is 18.1 Å². The molecule has 5 nitrogen and oxygen atoms in total. The minimum Gasteiger partial charge on any atom is -0.396 e. The molecule has 0 aromatic heterocycles. The third kappa shape index (κ3) is 3.65. The van der Waals surface area contributed by atoms with Gasteiger partial charge in [0.05, 0.1) is 0 Å². The molecule has 1 saturated heterocycles. The average Bonchev–Trinajstić information content (AvgIpc) is 2.79. The molecule has 2 rings (SSSR count). The molecular formula is C17H24N2O3. The molecule has 120 valence electrons. The fourth-order valence-electron chi connectivity index (χ4n) is 2.90. The number of aliphatic hydroxyl groups excluding tert-OH is 1. The number of anilines is 1. The smallest absolute Gasteiger partial charge is 0.239 e. The molecule has 0 saturated carbocycles. The fourth-order valence-corrected chi connectivity index (χ4v) is 2.90. The van der Waals surface area contributed by atoms with Crippen molar-refractivity contribution in [3.63, 3.8) is 0 Å². The van der Waals surface area contributed by atoms with Crippen LogP contribution in [-0.4, -0.2) is 36.1 Å². The number of carbonyl (C=O) groups excluding carboxylic acids is 2. The number of rotatable bonds is 5. The second-order valence-electron chi connectivity index (χ2n) is 6.10. The number of aryl methyl sites for hydroxylation is 2. The first-order valence-corrected chi connectivity index (χ1v) is 7.73. The van der Waals surface area contributed by atoms with Crippen LogP contribution < -0.4 is 10.2 Å². The van der Waals surface area contributed by atoms with E-state index in [1.165, 1.54) is 0 Å². The summed E-state index contributed by atoms with van der Waals surface area (Å²) in [6.07, 6.45) is 1.02. The minimum atomic E-state index is -0.623. The highest BCUT2D eigenvalue weighted by Crippen LogP contribution is 2.27. The summed E-state index contributed by atoms with van der Waals surface area (Å²) in [5.41, 5.74) is 3.07. The topological polar surface area (TPSA) is 69.6 Å². The van der Waals surface area contributed by atoms with E-state index in [4.69, 9.17) is 5.11 Å². The normalized spacial score (nSPS) is 19.4. The van der Waals surface area contributed by atoms with E-state index < -0.39 is 5.92 Å². The summed E-state index contributed by atoms with van der Waals surface area (Å²) in [4.78, 5) is 26.4. The van der Waals surface area contributed by atoms with E-state index >= 15 is 0 Å². The summed E-state index contributed by atoms with van der Waals surface area (Å²) in [6.45, 7) is 6.41. The molecule has 1 fully saturated rings. The Morgan fingerprint density at radius 1 is 1.36 bits per heavy atom. The van der Waals surface area contributed by atoms with Crippen molar-refractivity contribution in [2.45, 2.75) is 39.7 Å². The van der Waals surface area contributed by atoms with Crippen molar-refractivity contribution in [1.82, 2.24) is 5.32 Å². The van der Waals surface area contributed by atoms with Gasteiger partial charge in [-0.2, -0.15) is 0 Å². The highest BCUT2D eigenvalue weighted by Gasteiger charge is 2.37. The second-order valence-corrected chi connectivity index (χ2v) is 6.10. The number of nitrogens with zero attached hydrogens (tertiary/aromatic N) is 1. The maximum Gasteiger partial charge on any atom is 0.239 e. The van der Waals surface area contributed by atoms with Crippen LogP contribution in [0.25, 0.3) is 0 Å². The third-order valence-corrected chi connectivity index (χ3v) is 3.99. The van der Waals surface area contributed by atoms with Crippen molar-refractivity contribution < 1.29 is 14.7 Å². The van der Waals surface area contributed by atoms with Crippen LogP contribution in [0.15, 0.2) is 18.2 Å². The largest absolute Gasteiger partial charge is 0.396 e. The van der Waals surface area contributed by atoms with Gasteiger partial charge in [0.2, 0.25) is 11.8 Å². The molecule has 22 heavy (non-hydrogen) atoms. The van der Waals surface area contributed by atoms with Gasteiger partial charge in [-0.25, -0.2) is 0 Å². The molecule has 1 aliphatic rings. The highest BCUT2D eigenvalue weighted by molar-refractivity contribution is 6.09. The molecule has 2 amide bonds. The summed E-state index contributed by atoms with van der Waals surface area (Å²) in [7, 11) is 0.